The molecule has 0 atom stereocenters. The summed E-state index contributed by atoms with van der Waals surface area (Å²) in [7, 11) is -3.39. The molecule has 4 rings (SSSR count). The molecule has 0 radical (unpaired) electrons. The maximum Gasteiger partial charge on any atom is 0.280 e. The number of carbonyl (C=O) groups excluding carboxylic acids is 2. The minimum absolute atomic E-state index is 0.00922. The average Bonchev–Trinajstić information content (AvgIpc) is 3.51. The third kappa shape index (κ3) is 6.44. The number of likely N-dealkylation sites (tertiary alicyclic amines) is 1. The molecule has 1 saturated carbocycles. The Hall–Kier alpha value is -2.83. The highest BCUT2D eigenvalue weighted by molar-refractivity contribution is 7.90. The molecule has 0 bridgehead atoms. The molecule has 35 heavy (non-hydrogen) atoms. The van der Waals surface area contributed by atoms with Crippen LogP contribution in [0.4, 0.5) is 5.13 Å². The van der Waals surface area contributed by atoms with Gasteiger partial charge in [0.1, 0.15) is 11.0 Å². The van der Waals surface area contributed by atoms with Crippen LogP contribution in [0.3, 0.4) is 0 Å². The lowest BCUT2D eigenvalue weighted by molar-refractivity contribution is -0.110. The van der Waals surface area contributed by atoms with Crippen molar-refractivity contribution in [3.63, 3.8) is 0 Å². The summed E-state index contributed by atoms with van der Waals surface area (Å²) >= 11 is 1.05. The molecule has 0 spiro atoms. The third-order valence-electron chi connectivity index (χ3n) is 6.05. The zero-order valence-electron chi connectivity index (χ0n) is 19.3. The lowest BCUT2D eigenvalue weighted by atomic mass is 10.1. The van der Waals surface area contributed by atoms with Crippen molar-refractivity contribution in [2.45, 2.75) is 55.6 Å². The van der Waals surface area contributed by atoms with Crippen molar-refractivity contribution >= 4 is 43.8 Å². The normalized spacial score (nSPS) is 18.0. The highest BCUT2D eigenvalue weighted by atomic mass is 32.2. The number of amides is 2. The number of nitrogens with zero attached hydrogens (tertiary/aromatic N) is 3. The van der Waals surface area contributed by atoms with Gasteiger partial charge < -0.3 is 14.8 Å². The van der Waals surface area contributed by atoms with Crippen LogP contribution in [-0.4, -0.2) is 72.5 Å². The Kier molecular flexibility index (Phi) is 7.82. The fourth-order valence-corrected chi connectivity index (χ4v) is 5.43. The lowest BCUT2D eigenvalue weighted by Crippen LogP contribution is -2.39. The number of hydrogen-bond acceptors (Lipinski definition) is 9. The number of hydrogen-bond donors (Lipinski definition) is 2. The standard InChI is InChI=1S/C23H28N4O6S2/c1-35(31,32)18-8-6-15(7-9-18)20(26-33-17-4-2-3-5-17)21(29)25-23-24-14-19(34-23)22(30)27-12-10-16(28)11-13-27/h6-9,14,16-17,28H,2-5,10-13H2,1H3,(H,24,25,29). The number of anilines is 1. The highest BCUT2D eigenvalue weighted by Crippen LogP contribution is 2.24. The first-order chi connectivity index (χ1) is 16.7. The first kappa shape index (κ1) is 25.3. The Morgan fingerprint density at radius 2 is 1.80 bits per heavy atom. The number of nitrogens with one attached hydrogen (secondary N) is 1. The van der Waals surface area contributed by atoms with E-state index in [0.29, 0.717) is 36.4 Å². The largest absolute Gasteiger partial charge is 0.393 e. The summed E-state index contributed by atoms with van der Waals surface area (Å²) in [4.78, 5) is 37.8. The van der Waals surface area contributed by atoms with E-state index in [-0.39, 0.29) is 33.9 Å². The molecule has 0 unspecified atom stereocenters. The van der Waals surface area contributed by atoms with Crippen LogP contribution in [0.1, 0.15) is 53.8 Å². The molecule has 2 heterocycles. The van der Waals surface area contributed by atoms with Crippen molar-refractivity contribution in [1.82, 2.24) is 9.88 Å². The summed E-state index contributed by atoms with van der Waals surface area (Å²) in [6.45, 7) is 0.941. The van der Waals surface area contributed by atoms with Crippen LogP contribution in [0.25, 0.3) is 0 Å². The van der Waals surface area contributed by atoms with Crippen molar-refractivity contribution in [2.75, 3.05) is 24.7 Å². The molecule has 10 nitrogen and oxygen atoms in total. The zero-order chi connectivity index (χ0) is 25.0. The molecule has 1 aliphatic carbocycles. The van der Waals surface area contributed by atoms with Crippen molar-refractivity contribution in [2.24, 2.45) is 5.16 Å². The van der Waals surface area contributed by atoms with Gasteiger partial charge in [-0.05, 0) is 50.7 Å². The molecule has 2 aromatic rings. The van der Waals surface area contributed by atoms with E-state index in [1.54, 1.807) is 4.90 Å². The second-order valence-electron chi connectivity index (χ2n) is 8.76. The Labute approximate surface area is 207 Å². The number of carbonyl (C=O) groups is 2. The van der Waals surface area contributed by atoms with Crippen LogP contribution < -0.4 is 5.32 Å². The van der Waals surface area contributed by atoms with Crippen molar-refractivity contribution < 1.29 is 28.0 Å². The molecule has 1 saturated heterocycles. The van der Waals surface area contributed by atoms with E-state index in [1.165, 1.54) is 30.5 Å². The number of rotatable bonds is 7. The molecule has 12 heteroatoms. The van der Waals surface area contributed by atoms with Crippen LogP contribution >= 0.6 is 11.3 Å². The summed E-state index contributed by atoms with van der Waals surface area (Å²) in [5.74, 6) is -0.769. The Balaban J connectivity index is 1.50. The Bertz CT molecular complexity index is 1190. The van der Waals surface area contributed by atoms with Crippen LogP contribution in [0.2, 0.25) is 0 Å². The molecule has 1 aliphatic heterocycles. The zero-order valence-corrected chi connectivity index (χ0v) is 21.0. The van der Waals surface area contributed by atoms with Crippen LogP contribution in [-0.2, 0) is 19.5 Å². The topological polar surface area (TPSA) is 138 Å². The second kappa shape index (κ2) is 10.8. The Morgan fingerprint density at radius 1 is 1.14 bits per heavy atom. The Morgan fingerprint density at radius 3 is 2.43 bits per heavy atom. The quantitative estimate of drug-likeness (QED) is 0.422. The van der Waals surface area contributed by atoms with E-state index < -0.39 is 15.7 Å². The number of piperidine rings is 1. The van der Waals surface area contributed by atoms with Crippen LogP contribution in [0, 0.1) is 0 Å². The number of aliphatic hydroxyl groups excluding tert-OH is 1. The summed E-state index contributed by atoms with van der Waals surface area (Å²) in [6.07, 6.45) is 6.94. The predicted molar refractivity (Wildman–Crippen MR) is 131 cm³/mol. The molecular weight excluding hydrogens is 492 g/mol. The summed E-state index contributed by atoms with van der Waals surface area (Å²) in [6, 6.07) is 5.85. The van der Waals surface area contributed by atoms with E-state index in [1.807, 2.05) is 0 Å². The fraction of sp³-hybridized carbons (Fsp3) is 0.478. The van der Waals surface area contributed by atoms with Gasteiger partial charge in [0.05, 0.1) is 17.2 Å². The predicted octanol–water partition coefficient (Wildman–Crippen LogP) is 2.45. The second-order valence-corrected chi connectivity index (χ2v) is 11.8. The van der Waals surface area contributed by atoms with Gasteiger partial charge in [0.15, 0.2) is 20.7 Å². The van der Waals surface area contributed by atoms with Gasteiger partial charge in [0, 0.05) is 24.9 Å². The number of benzene rings is 1. The number of aliphatic hydroxyl groups is 1. The summed E-state index contributed by atoms with van der Waals surface area (Å²) in [5, 5.41) is 16.7. The molecule has 1 aromatic carbocycles. The van der Waals surface area contributed by atoms with Gasteiger partial charge in [-0.2, -0.15) is 0 Å². The number of sulfone groups is 1. The van der Waals surface area contributed by atoms with Crippen molar-refractivity contribution in [1.29, 1.82) is 0 Å². The van der Waals surface area contributed by atoms with E-state index in [2.05, 4.69) is 15.5 Å². The molecule has 188 valence electrons. The average molecular weight is 521 g/mol. The SMILES string of the molecule is CS(=O)(=O)c1ccc(C(=NOC2CCCC2)C(=O)Nc2ncc(C(=O)N3CCC(O)CC3)s2)cc1. The van der Waals surface area contributed by atoms with Crippen molar-refractivity contribution in [3.05, 3.63) is 40.9 Å². The van der Waals surface area contributed by atoms with Gasteiger partial charge >= 0.3 is 0 Å². The number of thiazole rings is 1. The maximum atomic E-state index is 13.1. The minimum atomic E-state index is -3.39. The van der Waals surface area contributed by atoms with Gasteiger partial charge in [-0.1, -0.05) is 28.6 Å². The summed E-state index contributed by atoms with van der Waals surface area (Å²) < 4.78 is 23.6. The van der Waals surface area contributed by atoms with Crippen LogP contribution in [0.5, 0.6) is 0 Å². The number of aromatic nitrogens is 1. The van der Waals surface area contributed by atoms with Crippen molar-refractivity contribution in [3.8, 4) is 0 Å². The van der Waals surface area contributed by atoms with E-state index >= 15 is 0 Å². The van der Waals surface area contributed by atoms with Gasteiger partial charge in [-0.25, -0.2) is 13.4 Å². The highest BCUT2D eigenvalue weighted by Gasteiger charge is 2.25. The van der Waals surface area contributed by atoms with Gasteiger partial charge in [0.2, 0.25) is 0 Å². The smallest absolute Gasteiger partial charge is 0.280 e. The van der Waals surface area contributed by atoms with Crippen LogP contribution in [0.15, 0.2) is 40.5 Å². The maximum absolute atomic E-state index is 13.1. The first-order valence-electron chi connectivity index (χ1n) is 11.5. The van der Waals surface area contributed by atoms with E-state index in [4.69, 9.17) is 4.84 Å². The summed E-state index contributed by atoms with van der Waals surface area (Å²) in [5.41, 5.74) is 0.387. The van der Waals surface area contributed by atoms with E-state index in [0.717, 1.165) is 43.3 Å². The molecule has 2 amide bonds. The van der Waals surface area contributed by atoms with Gasteiger partial charge in [-0.3, -0.25) is 14.9 Å². The lowest BCUT2D eigenvalue weighted by Gasteiger charge is -2.29. The van der Waals surface area contributed by atoms with Gasteiger partial charge in [-0.15, -0.1) is 0 Å². The molecule has 2 N–H and O–H groups in total. The molecule has 2 aliphatic rings. The minimum Gasteiger partial charge on any atom is -0.393 e. The number of oxime groups is 1. The third-order valence-corrected chi connectivity index (χ3v) is 8.08. The molecule has 1 aromatic heterocycles. The molecular formula is C23H28N4O6S2. The fourth-order valence-electron chi connectivity index (χ4n) is 4.02. The van der Waals surface area contributed by atoms with Gasteiger partial charge in [0.25, 0.3) is 11.8 Å². The molecule has 2 fully saturated rings. The first-order valence-corrected chi connectivity index (χ1v) is 14.2. The van der Waals surface area contributed by atoms with E-state index in [9.17, 15) is 23.1 Å². The monoisotopic (exact) mass is 520 g/mol.